The van der Waals surface area contributed by atoms with Crippen LogP contribution in [-0.4, -0.2) is 22.0 Å². The molecule has 0 atom stereocenters. The summed E-state index contributed by atoms with van der Waals surface area (Å²) in [6, 6.07) is 10.5. The van der Waals surface area contributed by atoms with Crippen LogP contribution >= 0.6 is 0 Å². The molecule has 0 unspecified atom stereocenters. The molecule has 0 saturated heterocycles. The first-order valence-electron chi connectivity index (χ1n) is 6.10. The van der Waals surface area contributed by atoms with Gasteiger partial charge in [-0.2, -0.15) is 0 Å². The van der Waals surface area contributed by atoms with Crippen LogP contribution in [0.1, 0.15) is 21.5 Å². The number of anilines is 1. The van der Waals surface area contributed by atoms with Gasteiger partial charge in [-0.3, -0.25) is 4.79 Å². The molecule has 0 fully saturated rings. The lowest BCUT2D eigenvalue weighted by atomic mass is 10.1. The average Bonchev–Trinajstić information content (AvgIpc) is 2.38. The van der Waals surface area contributed by atoms with Crippen LogP contribution in [0.25, 0.3) is 0 Å². The zero-order chi connectivity index (χ0) is 14.5. The van der Waals surface area contributed by atoms with Crippen molar-refractivity contribution in [1.82, 2.24) is 4.98 Å². The van der Waals surface area contributed by atoms with E-state index in [4.69, 9.17) is 5.11 Å². The highest BCUT2D eigenvalue weighted by Gasteiger charge is 2.13. The molecule has 0 radical (unpaired) electrons. The molecule has 0 aliphatic heterocycles. The number of amides is 1. The van der Waals surface area contributed by atoms with Crippen molar-refractivity contribution in [3.8, 4) is 0 Å². The summed E-state index contributed by atoms with van der Waals surface area (Å²) >= 11 is 0. The lowest BCUT2D eigenvalue weighted by Crippen LogP contribution is -2.17. The number of carboxylic acid groups (broad SMARTS) is 1. The molecule has 5 nitrogen and oxygen atoms in total. The third kappa shape index (κ3) is 3.41. The van der Waals surface area contributed by atoms with E-state index in [2.05, 4.69) is 10.3 Å². The molecule has 0 bridgehead atoms. The second kappa shape index (κ2) is 5.97. The highest BCUT2D eigenvalue weighted by atomic mass is 16.4. The number of aromatic carboxylic acids is 1. The molecule has 2 rings (SSSR count). The normalized spacial score (nSPS) is 10.1. The van der Waals surface area contributed by atoms with Gasteiger partial charge in [0.25, 0.3) is 0 Å². The monoisotopic (exact) mass is 270 g/mol. The van der Waals surface area contributed by atoms with Gasteiger partial charge in [0.05, 0.1) is 6.42 Å². The number of carbonyl (C=O) groups excluding carboxylic acids is 1. The lowest BCUT2D eigenvalue weighted by Gasteiger charge is -2.07. The maximum absolute atomic E-state index is 11.9. The average molecular weight is 270 g/mol. The van der Waals surface area contributed by atoms with Gasteiger partial charge in [0.15, 0.2) is 0 Å². The summed E-state index contributed by atoms with van der Waals surface area (Å²) < 4.78 is 0. The topological polar surface area (TPSA) is 79.3 Å². The third-order valence-electron chi connectivity index (χ3n) is 2.74. The van der Waals surface area contributed by atoms with Gasteiger partial charge < -0.3 is 10.4 Å². The molecule has 5 heteroatoms. The van der Waals surface area contributed by atoms with E-state index >= 15 is 0 Å². The Morgan fingerprint density at radius 1 is 1.25 bits per heavy atom. The molecule has 0 saturated carbocycles. The number of benzene rings is 1. The SMILES string of the molecule is Cc1cccc(CC(=O)Nc2ncccc2C(=O)O)c1. The number of nitrogens with zero attached hydrogens (tertiary/aromatic N) is 1. The van der Waals surface area contributed by atoms with Crippen molar-refractivity contribution in [3.05, 3.63) is 59.3 Å². The summed E-state index contributed by atoms with van der Waals surface area (Å²) in [4.78, 5) is 26.8. The summed E-state index contributed by atoms with van der Waals surface area (Å²) in [5.74, 6) is -1.35. The van der Waals surface area contributed by atoms with Crippen LogP contribution in [0.3, 0.4) is 0 Å². The first kappa shape index (κ1) is 13.7. The predicted molar refractivity (Wildman–Crippen MR) is 74.7 cm³/mol. The van der Waals surface area contributed by atoms with Crippen LogP contribution in [0.4, 0.5) is 5.82 Å². The molecule has 0 aliphatic rings. The van der Waals surface area contributed by atoms with E-state index in [1.165, 1.54) is 18.3 Å². The minimum Gasteiger partial charge on any atom is -0.478 e. The van der Waals surface area contributed by atoms with Gasteiger partial charge in [-0.25, -0.2) is 9.78 Å². The smallest absolute Gasteiger partial charge is 0.339 e. The van der Waals surface area contributed by atoms with Crippen LogP contribution in [0, 0.1) is 6.92 Å². The summed E-state index contributed by atoms with van der Waals surface area (Å²) in [5.41, 5.74) is 1.92. The highest BCUT2D eigenvalue weighted by molar-refractivity contribution is 5.99. The molecule has 1 heterocycles. The lowest BCUT2D eigenvalue weighted by molar-refractivity contribution is -0.115. The number of carbonyl (C=O) groups is 2. The minimum atomic E-state index is -1.12. The van der Waals surface area contributed by atoms with Gasteiger partial charge in [0.1, 0.15) is 11.4 Å². The number of pyridine rings is 1. The molecule has 0 aliphatic carbocycles. The van der Waals surface area contributed by atoms with Crippen molar-refractivity contribution in [1.29, 1.82) is 0 Å². The molecule has 1 amide bonds. The zero-order valence-corrected chi connectivity index (χ0v) is 11.0. The molecule has 20 heavy (non-hydrogen) atoms. The zero-order valence-electron chi connectivity index (χ0n) is 11.0. The minimum absolute atomic E-state index is 0.0231. The Hall–Kier alpha value is -2.69. The largest absolute Gasteiger partial charge is 0.478 e. The molecule has 0 spiro atoms. The van der Waals surface area contributed by atoms with Crippen molar-refractivity contribution in [2.24, 2.45) is 0 Å². The number of aryl methyl sites for hydroxylation is 1. The number of rotatable bonds is 4. The second-order valence-corrected chi connectivity index (χ2v) is 4.42. The molecular formula is C15H14N2O3. The Morgan fingerprint density at radius 3 is 2.75 bits per heavy atom. The van der Waals surface area contributed by atoms with Crippen LogP contribution < -0.4 is 5.32 Å². The molecule has 1 aromatic carbocycles. The molecule has 102 valence electrons. The van der Waals surface area contributed by atoms with Crippen LogP contribution in [-0.2, 0) is 11.2 Å². The van der Waals surface area contributed by atoms with E-state index in [-0.39, 0.29) is 23.7 Å². The standard InChI is InChI=1S/C15H14N2O3/c1-10-4-2-5-11(8-10)9-13(18)17-14-12(15(19)20)6-3-7-16-14/h2-8H,9H2,1H3,(H,19,20)(H,16,17,18). The fraction of sp³-hybridized carbons (Fsp3) is 0.133. The van der Waals surface area contributed by atoms with Gasteiger partial charge in [-0.05, 0) is 24.6 Å². The van der Waals surface area contributed by atoms with Crippen molar-refractivity contribution in [3.63, 3.8) is 0 Å². The van der Waals surface area contributed by atoms with Gasteiger partial charge in [0, 0.05) is 6.20 Å². The number of aromatic nitrogens is 1. The Morgan fingerprint density at radius 2 is 2.05 bits per heavy atom. The number of nitrogens with one attached hydrogen (secondary N) is 1. The van der Waals surface area contributed by atoms with Gasteiger partial charge in [0.2, 0.25) is 5.91 Å². The van der Waals surface area contributed by atoms with Gasteiger partial charge in [-0.15, -0.1) is 0 Å². The number of hydrogen-bond donors (Lipinski definition) is 2. The van der Waals surface area contributed by atoms with E-state index in [1.54, 1.807) is 0 Å². The first-order valence-corrected chi connectivity index (χ1v) is 6.10. The maximum atomic E-state index is 11.9. The van der Waals surface area contributed by atoms with Crippen molar-refractivity contribution >= 4 is 17.7 Å². The third-order valence-corrected chi connectivity index (χ3v) is 2.74. The quantitative estimate of drug-likeness (QED) is 0.893. The molecule has 1 aromatic heterocycles. The number of carboxylic acids is 1. The second-order valence-electron chi connectivity index (χ2n) is 4.42. The van der Waals surface area contributed by atoms with E-state index in [1.807, 2.05) is 31.2 Å². The Kier molecular flexibility index (Phi) is 4.10. The van der Waals surface area contributed by atoms with E-state index in [0.29, 0.717) is 0 Å². The van der Waals surface area contributed by atoms with Crippen LogP contribution in [0.5, 0.6) is 0 Å². The van der Waals surface area contributed by atoms with E-state index in [9.17, 15) is 9.59 Å². The van der Waals surface area contributed by atoms with E-state index in [0.717, 1.165) is 11.1 Å². The summed E-state index contributed by atoms with van der Waals surface area (Å²) in [5, 5.41) is 11.5. The van der Waals surface area contributed by atoms with Gasteiger partial charge in [-0.1, -0.05) is 29.8 Å². The Balaban J connectivity index is 2.11. The Bertz CT molecular complexity index is 653. The van der Waals surface area contributed by atoms with Crippen LogP contribution in [0.2, 0.25) is 0 Å². The fourth-order valence-corrected chi connectivity index (χ4v) is 1.86. The highest BCUT2D eigenvalue weighted by Crippen LogP contribution is 2.12. The molecular weight excluding hydrogens is 256 g/mol. The predicted octanol–water partition coefficient (Wildman–Crippen LogP) is 2.27. The van der Waals surface area contributed by atoms with Crippen molar-refractivity contribution < 1.29 is 14.7 Å². The van der Waals surface area contributed by atoms with E-state index < -0.39 is 5.97 Å². The first-order chi connectivity index (χ1) is 9.56. The summed E-state index contributed by atoms with van der Waals surface area (Å²) in [6.07, 6.45) is 1.62. The summed E-state index contributed by atoms with van der Waals surface area (Å²) in [6.45, 7) is 1.95. The Labute approximate surface area is 116 Å². The molecule has 2 N–H and O–H groups in total. The molecule has 2 aromatic rings. The maximum Gasteiger partial charge on any atom is 0.339 e. The van der Waals surface area contributed by atoms with Crippen molar-refractivity contribution in [2.75, 3.05) is 5.32 Å². The fourth-order valence-electron chi connectivity index (χ4n) is 1.86. The number of hydrogen-bond acceptors (Lipinski definition) is 3. The van der Waals surface area contributed by atoms with Crippen LogP contribution in [0.15, 0.2) is 42.6 Å². The summed E-state index contributed by atoms with van der Waals surface area (Å²) in [7, 11) is 0. The van der Waals surface area contributed by atoms with Gasteiger partial charge >= 0.3 is 5.97 Å². The van der Waals surface area contributed by atoms with Crippen molar-refractivity contribution in [2.45, 2.75) is 13.3 Å².